The van der Waals surface area contributed by atoms with Gasteiger partial charge in [-0.05, 0) is 35.9 Å². The van der Waals surface area contributed by atoms with Crippen LogP contribution in [0, 0.1) is 0 Å². The maximum Gasteiger partial charge on any atom is 0.134 e. The van der Waals surface area contributed by atoms with E-state index in [9.17, 15) is 5.11 Å². The lowest BCUT2D eigenvalue weighted by atomic mass is 10.2. The summed E-state index contributed by atoms with van der Waals surface area (Å²) in [6.45, 7) is 0.595. The number of phenolic OH excluding ortho intramolecular Hbond substituents is 1. The molecule has 2 aromatic rings. The summed E-state index contributed by atoms with van der Waals surface area (Å²) >= 11 is 17.6. The molecule has 94 valence electrons. The van der Waals surface area contributed by atoms with Crippen molar-refractivity contribution in [3.8, 4) is 5.75 Å². The standard InChI is InChI=1S/C13H10Cl3NO/c14-10-3-1-8(5-11(10)15)7-17-9-2-4-13(18)12(16)6-9/h1-6,17-18H,7H2. The predicted octanol–water partition coefficient (Wildman–Crippen LogP) is 4.96. The highest BCUT2D eigenvalue weighted by molar-refractivity contribution is 6.42. The molecule has 0 spiro atoms. The van der Waals surface area contributed by atoms with Gasteiger partial charge in [-0.3, -0.25) is 0 Å². The topological polar surface area (TPSA) is 32.3 Å². The molecule has 0 aromatic heterocycles. The van der Waals surface area contributed by atoms with Crippen molar-refractivity contribution in [2.75, 3.05) is 5.32 Å². The molecule has 2 rings (SSSR count). The number of hydrogen-bond acceptors (Lipinski definition) is 2. The Bertz CT molecular complexity index is 521. The van der Waals surface area contributed by atoms with E-state index in [4.69, 9.17) is 34.8 Å². The molecule has 0 aliphatic heterocycles. The first-order valence-electron chi connectivity index (χ1n) is 5.22. The summed E-state index contributed by atoms with van der Waals surface area (Å²) in [5, 5.41) is 13.9. The molecule has 0 saturated heterocycles. The van der Waals surface area contributed by atoms with E-state index in [2.05, 4.69) is 5.32 Å². The van der Waals surface area contributed by atoms with Crippen LogP contribution in [0.15, 0.2) is 36.4 Å². The van der Waals surface area contributed by atoms with Crippen molar-refractivity contribution < 1.29 is 5.11 Å². The van der Waals surface area contributed by atoms with Gasteiger partial charge in [-0.15, -0.1) is 0 Å². The molecule has 0 saturated carbocycles. The highest BCUT2D eigenvalue weighted by atomic mass is 35.5. The molecule has 0 heterocycles. The van der Waals surface area contributed by atoms with Crippen LogP contribution in [-0.4, -0.2) is 5.11 Å². The second kappa shape index (κ2) is 5.70. The molecule has 0 aliphatic rings. The van der Waals surface area contributed by atoms with Crippen molar-refractivity contribution in [3.05, 3.63) is 57.0 Å². The maximum atomic E-state index is 9.30. The minimum Gasteiger partial charge on any atom is -0.506 e. The number of anilines is 1. The zero-order valence-corrected chi connectivity index (χ0v) is 11.5. The van der Waals surface area contributed by atoms with Crippen LogP contribution in [0.1, 0.15) is 5.56 Å². The molecule has 0 amide bonds. The van der Waals surface area contributed by atoms with Gasteiger partial charge in [-0.25, -0.2) is 0 Å². The Morgan fingerprint density at radius 1 is 0.889 bits per heavy atom. The smallest absolute Gasteiger partial charge is 0.134 e. The Balaban J connectivity index is 2.06. The van der Waals surface area contributed by atoms with Crippen LogP contribution < -0.4 is 5.32 Å². The van der Waals surface area contributed by atoms with Crippen LogP contribution in [0.3, 0.4) is 0 Å². The van der Waals surface area contributed by atoms with Crippen molar-refractivity contribution >= 4 is 40.5 Å². The summed E-state index contributed by atoms with van der Waals surface area (Å²) in [4.78, 5) is 0. The van der Waals surface area contributed by atoms with Crippen LogP contribution in [0.25, 0.3) is 0 Å². The summed E-state index contributed by atoms with van der Waals surface area (Å²) < 4.78 is 0. The van der Waals surface area contributed by atoms with Crippen molar-refractivity contribution in [2.45, 2.75) is 6.54 Å². The Hall–Kier alpha value is -1.09. The van der Waals surface area contributed by atoms with Gasteiger partial charge in [0.05, 0.1) is 15.1 Å². The minimum absolute atomic E-state index is 0.0664. The number of phenols is 1. The number of rotatable bonds is 3. The van der Waals surface area contributed by atoms with Crippen LogP contribution in [0.2, 0.25) is 15.1 Å². The lowest BCUT2D eigenvalue weighted by molar-refractivity contribution is 0.475. The first kappa shape index (κ1) is 13.3. The molecule has 0 radical (unpaired) electrons. The molecule has 0 bridgehead atoms. The van der Waals surface area contributed by atoms with Crippen LogP contribution >= 0.6 is 34.8 Å². The third-order valence-electron chi connectivity index (χ3n) is 2.43. The van der Waals surface area contributed by atoms with Crippen molar-refractivity contribution in [3.63, 3.8) is 0 Å². The summed E-state index contributed by atoms with van der Waals surface area (Å²) in [5.74, 6) is 0.0664. The number of hydrogen-bond donors (Lipinski definition) is 2. The number of benzene rings is 2. The maximum absolute atomic E-state index is 9.30. The van der Waals surface area contributed by atoms with Gasteiger partial charge < -0.3 is 10.4 Å². The van der Waals surface area contributed by atoms with Gasteiger partial charge in [0.15, 0.2) is 0 Å². The summed E-state index contributed by atoms with van der Waals surface area (Å²) in [5.41, 5.74) is 1.83. The second-order valence-corrected chi connectivity index (χ2v) is 4.99. The van der Waals surface area contributed by atoms with Gasteiger partial charge in [0.2, 0.25) is 0 Å². The van der Waals surface area contributed by atoms with E-state index in [1.807, 2.05) is 6.07 Å². The molecule has 2 N–H and O–H groups in total. The normalized spacial score (nSPS) is 10.4. The first-order chi connectivity index (χ1) is 8.56. The van der Waals surface area contributed by atoms with Gasteiger partial charge in [0.25, 0.3) is 0 Å². The quantitative estimate of drug-likeness (QED) is 0.785. The van der Waals surface area contributed by atoms with Gasteiger partial charge in [-0.2, -0.15) is 0 Å². The summed E-state index contributed by atoms with van der Waals surface area (Å²) in [6, 6.07) is 10.4. The van der Waals surface area contributed by atoms with Crippen molar-refractivity contribution in [1.82, 2.24) is 0 Å². The first-order valence-corrected chi connectivity index (χ1v) is 6.36. The van der Waals surface area contributed by atoms with Gasteiger partial charge in [-0.1, -0.05) is 40.9 Å². The Morgan fingerprint density at radius 2 is 1.67 bits per heavy atom. The average molecular weight is 303 g/mol. The predicted molar refractivity (Wildman–Crippen MR) is 76.9 cm³/mol. The third-order valence-corrected chi connectivity index (χ3v) is 3.47. The SMILES string of the molecule is Oc1ccc(NCc2ccc(Cl)c(Cl)c2)cc1Cl. The molecule has 0 fully saturated rings. The van der Waals surface area contributed by atoms with Gasteiger partial charge in [0.1, 0.15) is 5.75 Å². The minimum atomic E-state index is 0.0664. The van der Waals surface area contributed by atoms with E-state index in [0.717, 1.165) is 11.3 Å². The fraction of sp³-hybridized carbons (Fsp3) is 0.0769. The molecule has 5 heteroatoms. The fourth-order valence-corrected chi connectivity index (χ4v) is 1.97. The monoisotopic (exact) mass is 301 g/mol. The van der Waals surface area contributed by atoms with E-state index >= 15 is 0 Å². The molecule has 2 aromatic carbocycles. The third kappa shape index (κ3) is 3.22. The molecule has 18 heavy (non-hydrogen) atoms. The van der Waals surface area contributed by atoms with Crippen LogP contribution in [0.5, 0.6) is 5.75 Å². The largest absolute Gasteiger partial charge is 0.506 e. The highest BCUT2D eigenvalue weighted by Gasteiger charge is 2.02. The molecule has 2 nitrogen and oxygen atoms in total. The van der Waals surface area contributed by atoms with E-state index < -0.39 is 0 Å². The number of halogens is 3. The molecule has 0 aliphatic carbocycles. The van der Waals surface area contributed by atoms with E-state index in [0.29, 0.717) is 21.6 Å². The van der Waals surface area contributed by atoms with Gasteiger partial charge in [0, 0.05) is 12.2 Å². The van der Waals surface area contributed by atoms with Gasteiger partial charge >= 0.3 is 0 Å². The Morgan fingerprint density at radius 3 is 2.33 bits per heavy atom. The van der Waals surface area contributed by atoms with Crippen LogP contribution in [-0.2, 0) is 6.54 Å². The van der Waals surface area contributed by atoms with Crippen molar-refractivity contribution in [1.29, 1.82) is 0 Å². The molecular formula is C13H10Cl3NO. The highest BCUT2D eigenvalue weighted by Crippen LogP contribution is 2.27. The Kier molecular flexibility index (Phi) is 4.23. The summed E-state index contributed by atoms with van der Waals surface area (Å²) in [6.07, 6.45) is 0. The summed E-state index contributed by atoms with van der Waals surface area (Å²) in [7, 11) is 0. The van der Waals surface area contributed by atoms with Crippen molar-refractivity contribution in [2.24, 2.45) is 0 Å². The lowest BCUT2D eigenvalue weighted by Gasteiger charge is -2.08. The van der Waals surface area contributed by atoms with E-state index in [-0.39, 0.29) is 5.75 Å². The zero-order valence-electron chi connectivity index (χ0n) is 9.25. The lowest BCUT2D eigenvalue weighted by Crippen LogP contribution is -1.99. The average Bonchev–Trinajstić information content (AvgIpc) is 2.35. The number of nitrogens with one attached hydrogen (secondary N) is 1. The molecule has 0 atom stereocenters. The van der Waals surface area contributed by atoms with E-state index in [1.54, 1.807) is 30.3 Å². The van der Waals surface area contributed by atoms with Crippen LogP contribution in [0.4, 0.5) is 5.69 Å². The number of aromatic hydroxyl groups is 1. The fourth-order valence-electron chi connectivity index (χ4n) is 1.47. The van der Waals surface area contributed by atoms with E-state index in [1.165, 1.54) is 0 Å². The zero-order chi connectivity index (χ0) is 13.1. The Labute approximate surface area is 120 Å². The molecule has 0 unspecified atom stereocenters. The molecular weight excluding hydrogens is 293 g/mol. The second-order valence-electron chi connectivity index (χ2n) is 3.77.